The van der Waals surface area contributed by atoms with Crippen molar-refractivity contribution < 1.29 is 0 Å². The number of unbranched alkanes of at least 4 members (excludes halogenated alkanes) is 10. The highest BCUT2D eigenvalue weighted by molar-refractivity contribution is 4.81. The zero-order valence-electron chi connectivity index (χ0n) is 11.1. The summed E-state index contributed by atoms with van der Waals surface area (Å²) in [4.78, 5) is 0. The van der Waals surface area contributed by atoms with Gasteiger partial charge in [0.15, 0.2) is 0 Å². The molecule has 0 amide bonds. The van der Waals surface area contributed by atoms with E-state index in [9.17, 15) is 0 Å². The third-order valence-electron chi connectivity index (χ3n) is 2.91. The van der Waals surface area contributed by atoms with E-state index in [1.165, 1.54) is 64.2 Å². The van der Waals surface area contributed by atoms with E-state index in [4.69, 9.17) is 0 Å². The molecule has 0 heteroatoms. The lowest BCUT2D eigenvalue weighted by Gasteiger charge is -1.98. The average Bonchev–Trinajstić information content (AvgIpc) is 2.31. The van der Waals surface area contributed by atoms with Crippen LogP contribution >= 0.6 is 0 Å². The van der Waals surface area contributed by atoms with Crippen molar-refractivity contribution in [2.24, 2.45) is 0 Å². The fourth-order valence-corrected chi connectivity index (χ4v) is 1.82. The van der Waals surface area contributed by atoms with Crippen molar-refractivity contribution >= 4 is 0 Å². The number of hydrogen-bond donors (Lipinski definition) is 0. The molecule has 0 aliphatic heterocycles. The molecule has 0 aromatic carbocycles. The summed E-state index contributed by atoms with van der Waals surface area (Å²) in [6.45, 7) is 7.71. The zero-order chi connectivity index (χ0) is 11.9. The van der Waals surface area contributed by atoms with E-state index < -0.39 is 0 Å². The molecule has 0 rings (SSSR count). The molecular formula is C16H30. The van der Waals surface area contributed by atoms with E-state index in [1.54, 1.807) is 0 Å². The summed E-state index contributed by atoms with van der Waals surface area (Å²) in [6.07, 6.45) is 20.3. The van der Waals surface area contributed by atoms with Crippen molar-refractivity contribution in [2.45, 2.75) is 77.0 Å². The second kappa shape index (κ2) is 14.7. The normalized spacial score (nSPS) is 11.4. The third-order valence-corrected chi connectivity index (χ3v) is 2.91. The molecule has 2 radical (unpaired) electrons. The van der Waals surface area contributed by atoms with Crippen LogP contribution in [0.3, 0.4) is 0 Å². The SMILES string of the molecule is [CH2]CCCCC/C=C/CCCCCCC[CH2]. The van der Waals surface area contributed by atoms with Crippen molar-refractivity contribution in [1.29, 1.82) is 0 Å². The van der Waals surface area contributed by atoms with Gasteiger partial charge in [-0.1, -0.05) is 77.4 Å². The van der Waals surface area contributed by atoms with Crippen LogP contribution in [0.25, 0.3) is 0 Å². The molecule has 16 heavy (non-hydrogen) atoms. The van der Waals surface area contributed by atoms with Crippen molar-refractivity contribution in [3.63, 3.8) is 0 Å². The first kappa shape index (κ1) is 15.7. The smallest absolute Gasteiger partial charge is 0.0351 e. The molecule has 0 aliphatic carbocycles. The lowest BCUT2D eigenvalue weighted by atomic mass is 10.1. The van der Waals surface area contributed by atoms with Crippen LogP contribution in [0.4, 0.5) is 0 Å². The first-order valence-corrected chi connectivity index (χ1v) is 7.15. The van der Waals surface area contributed by atoms with Gasteiger partial charge in [-0.15, -0.1) is 0 Å². The van der Waals surface area contributed by atoms with Crippen molar-refractivity contribution in [1.82, 2.24) is 0 Å². The lowest BCUT2D eigenvalue weighted by Crippen LogP contribution is -1.78. The van der Waals surface area contributed by atoms with E-state index in [1.807, 2.05) is 0 Å². The second-order valence-corrected chi connectivity index (χ2v) is 4.58. The van der Waals surface area contributed by atoms with Crippen molar-refractivity contribution in [3.05, 3.63) is 26.0 Å². The van der Waals surface area contributed by atoms with Crippen LogP contribution in [0.2, 0.25) is 0 Å². The van der Waals surface area contributed by atoms with Gasteiger partial charge in [0.1, 0.15) is 0 Å². The van der Waals surface area contributed by atoms with Gasteiger partial charge in [-0.3, -0.25) is 0 Å². The van der Waals surface area contributed by atoms with Crippen LogP contribution in [0, 0.1) is 13.8 Å². The molecule has 0 heterocycles. The predicted octanol–water partition coefficient (Wildman–Crippen LogP) is 5.89. The zero-order valence-corrected chi connectivity index (χ0v) is 11.1. The molecule has 0 aromatic rings. The minimum absolute atomic E-state index is 1.09. The molecule has 0 bridgehead atoms. The maximum atomic E-state index is 3.86. The Bertz CT molecular complexity index is 135. The van der Waals surface area contributed by atoms with Gasteiger partial charge < -0.3 is 0 Å². The maximum absolute atomic E-state index is 3.86. The van der Waals surface area contributed by atoms with Gasteiger partial charge in [-0.25, -0.2) is 0 Å². The van der Waals surface area contributed by atoms with Gasteiger partial charge in [0.25, 0.3) is 0 Å². The Kier molecular flexibility index (Phi) is 14.5. The fourth-order valence-electron chi connectivity index (χ4n) is 1.82. The molecule has 0 spiro atoms. The van der Waals surface area contributed by atoms with Crippen LogP contribution in [-0.4, -0.2) is 0 Å². The highest BCUT2D eigenvalue weighted by atomic mass is 13.9. The van der Waals surface area contributed by atoms with Gasteiger partial charge in [-0.2, -0.15) is 0 Å². The number of allylic oxidation sites excluding steroid dienone is 2. The first-order chi connectivity index (χ1) is 7.91. The van der Waals surface area contributed by atoms with Gasteiger partial charge in [-0.05, 0) is 25.7 Å². The van der Waals surface area contributed by atoms with Crippen LogP contribution in [-0.2, 0) is 0 Å². The molecule has 0 nitrogen and oxygen atoms in total. The molecule has 0 aliphatic rings. The van der Waals surface area contributed by atoms with E-state index in [0.717, 1.165) is 12.8 Å². The Hall–Kier alpha value is -0.260. The van der Waals surface area contributed by atoms with E-state index in [0.29, 0.717) is 0 Å². The number of hydrogen-bond acceptors (Lipinski definition) is 0. The van der Waals surface area contributed by atoms with Crippen molar-refractivity contribution in [3.8, 4) is 0 Å². The monoisotopic (exact) mass is 222 g/mol. The molecule has 0 fully saturated rings. The number of rotatable bonds is 12. The molecule has 0 unspecified atom stereocenters. The average molecular weight is 222 g/mol. The van der Waals surface area contributed by atoms with E-state index in [2.05, 4.69) is 26.0 Å². The maximum Gasteiger partial charge on any atom is -0.0351 e. The van der Waals surface area contributed by atoms with Crippen LogP contribution < -0.4 is 0 Å². The minimum atomic E-state index is 1.09. The molecule has 0 saturated heterocycles. The van der Waals surface area contributed by atoms with E-state index in [-0.39, 0.29) is 0 Å². The molecule has 0 saturated carbocycles. The van der Waals surface area contributed by atoms with Gasteiger partial charge in [0, 0.05) is 0 Å². The Morgan fingerprint density at radius 1 is 0.500 bits per heavy atom. The fraction of sp³-hybridized carbons (Fsp3) is 0.750. The Labute approximate surface area is 104 Å². The van der Waals surface area contributed by atoms with Crippen LogP contribution in [0.1, 0.15) is 77.0 Å². The second-order valence-electron chi connectivity index (χ2n) is 4.58. The lowest BCUT2D eigenvalue weighted by molar-refractivity contribution is 0.620. The van der Waals surface area contributed by atoms with E-state index >= 15 is 0 Å². The Morgan fingerprint density at radius 2 is 0.875 bits per heavy atom. The Balaban J connectivity index is 2.98. The standard InChI is InChI=1S/C16H30/c1-3-5-7-9-11-13-15-16-14-12-10-8-6-4-2/h13,15H,1-12,14,16H2/b15-13+. The molecule has 0 aromatic heterocycles. The summed E-state index contributed by atoms with van der Waals surface area (Å²) < 4.78 is 0. The Morgan fingerprint density at radius 3 is 1.38 bits per heavy atom. The highest BCUT2D eigenvalue weighted by Crippen LogP contribution is 2.08. The topological polar surface area (TPSA) is 0 Å². The minimum Gasteiger partial charge on any atom is -0.0885 e. The summed E-state index contributed by atoms with van der Waals surface area (Å²) >= 11 is 0. The quantitative estimate of drug-likeness (QED) is 0.285. The van der Waals surface area contributed by atoms with Crippen LogP contribution in [0.15, 0.2) is 12.2 Å². The predicted molar refractivity (Wildman–Crippen MR) is 75.3 cm³/mol. The summed E-state index contributed by atoms with van der Waals surface area (Å²) in [5.41, 5.74) is 0. The summed E-state index contributed by atoms with van der Waals surface area (Å²) in [6, 6.07) is 0. The van der Waals surface area contributed by atoms with Gasteiger partial charge >= 0.3 is 0 Å². The third kappa shape index (κ3) is 13.7. The summed E-state index contributed by atoms with van der Waals surface area (Å²) in [5, 5.41) is 0. The highest BCUT2D eigenvalue weighted by Gasteiger charge is 1.88. The van der Waals surface area contributed by atoms with Crippen molar-refractivity contribution in [2.75, 3.05) is 0 Å². The molecule has 0 atom stereocenters. The largest absolute Gasteiger partial charge is 0.0885 e. The van der Waals surface area contributed by atoms with Crippen LogP contribution in [0.5, 0.6) is 0 Å². The first-order valence-electron chi connectivity index (χ1n) is 7.15. The summed E-state index contributed by atoms with van der Waals surface area (Å²) in [7, 11) is 0. The molecule has 94 valence electrons. The van der Waals surface area contributed by atoms with Gasteiger partial charge in [0.05, 0.1) is 0 Å². The molecule has 0 N–H and O–H groups in total. The summed E-state index contributed by atoms with van der Waals surface area (Å²) in [5.74, 6) is 0. The molecular weight excluding hydrogens is 192 g/mol. The van der Waals surface area contributed by atoms with Gasteiger partial charge in [0.2, 0.25) is 0 Å².